The molecule has 4 nitrogen and oxygen atoms in total. The van der Waals surface area contributed by atoms with Crippen LogP contribution in [0.3, 0.4) is 0 Å². The first-order valence-electron chi connectivity index (χ1n) is 8.08. The molecule has 0 spiro atoms. The van der Waals surface area contributed by atoms with Crippen LogP contribution in [0.2, 0.25) is 0 Å². The predicted molar refractivity (Wildman–Crippen MR) is 85.3 cm³/mol. The van der Waals surface area contributed by atoms with Gasteiger partial charge in [0.25, 0.3) is 0 Å². The van der Waals surface area contributed by atoms with Crippen LogP contribution >= 0.6 is 0 Å². The molecule has 1 N–H and O–H groups in total. The molecule has 1 atom stereocenters. The van der Waals surface area contributed by atoms with Crippen LogP contribution in [-0.4, -0.2) is 20.7 Å². The van der Waals surface area contributed by atoms with E-state index in [0.717, 1.165) is 19.0 Å². The molecule has 4 heteroatoms. The Kier molecular flexibility index (Phi) is 4.15. The van der Waals surface area contributed by atoms with Crippen LogP contribution in [0.5, 0.6) is 0 Å². The van der Waals surface area contributed by atoms with Gasteiger partial charge in [-0.3, -0.25) is 0 Å². The van der Waals surface area contributed by atoms with Crippen molar-refractivity contribution >= 4 is 0 Å². The van der Waals surface area contributed by atoms with Crippen molar-refractivity contribution in [3.05, 3.63) is 42.2 Å². The Morgan fingerprint density at radius 2 is 2.19 bits per heavy atom. The molecular formula is C17H26N4. The minimum absolute atomic E-state index is 0.457. The fraction of sp³-hybridized carbons (Fsp3) is 0.588. The van der Waals surface area contributed by atoms with E-state index < -0.39 is 0 Å². The molecule has 3 rings (SSSR count). The molecule has 1 fully saturated rings. The Morgan fingerprint density at radius 3 is 2.86 bits per heavy atom. The van der Waals surface area contributed by atoms with Crippen molar-refractivity contribution in [1.82, 2.24) is 19.4 Å². The molecule has 0 bridgehead atoms. The zero-order valence-corrected chi connectivity index (χ0v) is 13.3. The summed E-state index contributed by atoms with van der Waals surface area (Å²) in [5.74, 6) is 0.835. The Labute approximate surface area is 127 Å². The Hall–Kier alpha value is -1.55. The predicted octanol–water partition coefficient (Wildman–Crippen LogP) is 3.37. The summed E-state index contributed by atoms with van der Waals surface area (Å²) >= 11 is 0. The summed E-state index contributed by atoms with van der Waals surface area (Å²) in [7, 11) is 0. The number of nitrogens with zero attached hydrogens (tertiary/aromatic N) is 3. The summed E-state index contributed by atoms with van der Waals surface area (Å²) in [4.78, 5) is 4.29. The lowest BCUT2D eigenvalue weighted by Gasteiger charge is -2.16. The third kappa shape index (κ3) is 3.21. The quantitative estimate of drug-likeness (QED) is 0.847. The number of hydrogen-bond donors (Lipinski definition) is 1. The fourth-order valence-electron chi connectivity index (χ4n) is 3.05. The van der Waals surface area contributed by atoms with Crippen molar-refractivity contribution < 1.29 is 0 Å². The molecule has 0 aromatic carbocycles. The summed E-state index contributed by atoms with van der Waals surface area (Å²) in [6.07, 6.45) is 11.1. The third-order valence-corrected chi connectivity index (χ3v) is 4.30. The van der Waals surface area contributed by atoms with Gasteiger partial charge in [-0.2, -0.15) is 0 Å². The molecule has 1 unspecified atom stereocenters. The molecular weight excluding hydrogens is 260 g/mol. The van der Waals surface area contributed by atoms with Crippen molar-refractivity contribution in [1.29, 1.82) is 0 Å². The topological polar surface area (TPSA) is 34.8 Å². The van der Waals surface area contributed by atoms with Crippen molar-refractivity contribution in [2.45, 2.75) is 52.2 Å². The average molecular weight is 286 g/mol. The minimum Gasteiger partial charge on any atom is -0.348 e. The number of nitrogens with one attached hydrogen (secondary N) is 1. The molecule has 0 saturated heterocycles. The number of aromatic nitrogens is 3. The monoisotopic (exact) mass is 286 g/mol. The van der Waals surface area contributed by atoms with Gasteiger partial charge in [0.05, 0.1) is 18.6 Å². The van der Waals surface area contributed by atoms with Crippen LogP contribution in [0.15, 0.2) is 31.0 Å². The van der Waals surface area contributed by atoms with Gasteiger partial charge in [0.1, 0.15) is 0 Å². The highest BCUT2D eigenvalue weighted by molar-refractivity contribution is 5.19. The Morgan fingerprint density at radius 1 is 1.38 bits per heavy atom. The van der Waals surface area contributed by atoms with Gasteiger partial charge in [0, 0.05) is 30.7 Å². The van der Waals surface area contributed by atoms with Crippen LogP contribution in [-0.2, 0) is 6.54 Å². The zero-order valence-electron chi connectivity index (χ0n) is 13.3. The van der Waals surface area contributed by atoms with Crippen LogP contribution in [0.1, 0.15) is 57.0 Å². The maximum atomic E-state index is 4.29. The summed E-state index contributed by atoms with van der Waals surface area (Å²) < 4.78 is 4.51. The standard InChI is InChI=1S/C17H26N4/c1-4-19-17(14-5-6-14)15-7-8-20(10-15)11-16-9-18-12-21(16)13(2)3/h7-10,12-14,17,19H,4-6,11H2,1-3H3. The summed E-state index contributed by atoms with van der Waals surface area (Å²) in [5, 5.41) is 3.63. The van der Waals surface area contributed by atoms with Crippen LogP contribution in [0, 0.1) is 5.92 Å². The average Bonchev–Trinajstić information content (AvgIpc) is 3.00. The van der Waals surface area contributed by atoms with Crippen molar-refractivity contribution in [2.24, 2.45) is 5.92 Å². The molecule has 1 aliphatic rings. The molecule has 1 saturated carbocycles. The lowest BCUT2D eigenvalue weighted by molar-refractivity contribution is 0.495. The van der Waals surface area contributed by atoms with E-state index >= 15 is 0 Å². The Bertz CT molecular complexity index is 577. The first-order chi connectivity index (χ1) is 10.2. The molecule has 2 heterocycles. The summed E-state index contributed by atoms with van der Waals surface area (Å²) in [6.45, 7) is 8.50. The first kappa shape index (κ1) is 14.4. The first-order valence-corrected chi connectivity index (χ1v) is 8.08. The van der Waals surface area contributed by atoms with Gasteiger partial charge in [0.15, 0.2) is 0 Å². The van der Waals surface area contributed by atoms with E-state index in [9.17, 15) is 0 Å². The lowest BCUT2D eigenvalue weighted by atomic mass is 10.1. The van der Waals surface area contributed by atoms with E-state index in [2.05, 4.69) is 58.7 Å². The van der Waals surface area contributed by atoms with Crippen LogP contribution < -0.4 is 5.32 Å². The SMILES string of the molecule is CCNC(c1ccn(Cc2cncn2C(C)C)c1)C1CC1. The molecule has 0 aliphatic heterocycles. The van der Waals surface area contributed by atoms with E-state index in [1.807, 2.05) is 12.5 Å². The molecule has 114 valence electrons. The van der Waals surface area contributed by atoms with Gasteiger partial charge in [-0.25, -0.2) is 4.98 Å². The second-order valence-electron chi connectivity index (χ2n) is 6.38. The highest BCUT2D eigenvalue weighted by atomic mass is 15.1. The summed E-state index contributed by atoms with van der Waals surface area (Å²) in [5.41, 5.74) is 2.69. The molecule has 2 aromatic heterocycles. The zero-order chi connectivity index (χ0) is 14.8. The van der Waals surface area contributed by atoms with E-state index in [4.69, 9.17) is 0 Å². The van der Waals surface area contributed by atoms with E-state index in [0.29, 0.717) is 12.1 Å². The highest BCUT2D eigenvalue weighted by Gasteiger charge is 2.32. The van der Waals surface area contributed by atoms with E-state index in [1.165, 1.54) is 24.1 Å². The number of hydrogen-bond acceptors (Lipinski definition) is 2. The molecule has 1 aliphatic carbocycles. The van der Waals surface area contributed by atoms with Gasteiger partial charge in [0.2, 0.25) is 0 Å². The maximum Gasteiger partial charge on any atom is 0.0951 e. The summed E-state index contributed by atoms with van der Waals surface area (Å²) in [6, 6.07) is 3.26. The van der Waals surface area contributed by atoms with Gasteiger partial charge < -0.3 is 14.5 Å². The minimum atomic E-state index is 0.457. The third-order valence-electron chi connectivity index (χ3n) is 4.30. The van der Waals surface area contributed by atoms with Crippen molar-refractivity contribution in [2.75, 3.05) is 6.54 Å². The number of rotatable bonds is 7. The normalized spacial score (nSPS) is 16.6. The van der Waals surface area contributed by atoms with Crippen LogP contribution in [0.25, 0.3) is 0 Å². The number of imidazole rings is 1. The molecule has 0 amide bonds. The van der Waals surface area contributed by atoms with E-state index in [-0.39, 0.29) is 0 Å². The lowest BCUT2D eigenvalue weighted by Crippen LogP contribution is -2.22. The van der Waals surface area contributed by atoms with Crippen molar-refractivity contribution in [3.8, 4) is 0 Å². The van der Waals surface area contributed by atoms with Gasteiger partial charge >= 0.3 is 0 Å². The Balaban J connectivity index is 1.73. The van der Waals surface area contributed by atoms with Crippen molar-refractivity contribution in [3.63, 3.8) is 0 Å². The van der Waals surface area contributed by atoms with Crippen LogP contribution in [0.4, 0.5) is 0 Å². The largest absolute Gasteiger partial charge is 0.348 e. The molecule has 2 aromatic rings. The van der Waals surface area contributed by atoms with E-state index in [1.54, 1.807) is 0 Å². The second kappa shape index (κ2) is 6.06. The van der Waals surface area contributed by atoms with Gasteiger partial charge in [-0.1, -0.05) is 6.92 Å². The second-order valence-corrected chi connectivity index (χ2v) is 6.38. The maximum absolute atomic E-state index is 4.29. The molecule has 0 radical (unpaired) electrons. The van der Waals surface area contributed by atoms with Gasteiger partial charge in [-0.05, 0) is 50.8 Å². The smallest absolute Gasteiger partial charge is 0.0951 e. The highest BCUT2D eigenvalue weighted by Crippen LogP contribution is 2.41. The molecule has 21 heavy (non-hydrogen) atoms. The van der Waals surface area contributed by atoms with Gasteiger partial charge in [-0.15, -0.1) is 0 Å². The fourth-order valence-corrected chi connectivity index (χ4v) is 3.05.